The molecule has 8 heteroatoms. The van der Waals surface area contributed by atoms with Crippen molar-refractivity contribution in [2.75, 3.05) is 13.7 Å². The average molecular weight is 333 g/mol. The van der Waals surface area contributed by atoms with Gasteiger partial charge in [-0.1, -0.05) is 18.2 Å². The van der Waals surface area contributed by atoms with Gasteiger partial charge in [0.15, 0.2) is 0 Å². The van der Waals surface area contributed by atoms with Crippen LogP contribution in [0.3, 0.4) is 0 Å². The second-order valence-electron chi connectivity index (χ2n) is 4.75. The van der Waals surface area contributed by atoms with E-state index in [-0.39, 0.29) is 0 Å². The summed E-state index contributed by atoms with van der Waals surface area (Å²) in [6.07, 6.45) is 2.07. The lowest BCUT2D eigenvalue weighted by Gasteiger charge is -2.02. The standard InChI is InChI=1S/C14H14N5OS2/c1-3-20-13-17-19-11(10-7-5-4-6-8-10)9-18-14(19,22-13)21-12(15-2)16-18/h4-9H,3H2,1-2H3/q+1/p+1. The van der Waals surface area contributed by atoms with Gasteiger partial charge in [0.05, 0.1) is 29.0 Å². The molecule has 0 radical (unpaired) electrons. The van der Waals surface area contributed by atoms with Crippen molar-refractivity contribution < 1.29 is 14.1 Å². The van der Waals surface area contributed by atoms with E-state index < -0.39 is 4.33 Å². The van der Waals surface area contributed by atoms with Crippen LogP contribution in [0, 0.1) is 0 Å². The van der Waals surface area contributed by atoms with Crippen molar-refractivity contribution in [3.8, 4) is 0 Å². The van der Waals surface area contributed by atoms with E-state index in [1.807, 2.05) is 34.5 Å². The number of nitrogens with one attached hydrogen (secondary N) is 1. The first-order valence-corrected chi connectivity index (χ1v) is 8.60. The summed E-state index contributed by atoms with van der Waals surface area (Å²) >= 11 is 3.22. The third kappa shape index (κ3) is 1.90. The van der Waals surface area contributed by atoms with Gasteiger partial charge in [0, 0.05) is 11.7 Å². The van der Waals surface area contributed by atoms with E-state index in [0.717, 1.165) is 16.4 Å². The number of benzene rings is 1. The second kappa shape index (κ2) is 5.13. The van der Waals surface area contributed by atoms with Crippen molar-refractivity contribution in [1.29, 1.82) is 0 Å². The molecular formula is C14H15N5OS2+2. The van der Waals surface area contributed by atoms with Gasteiger partial charge in [-0.25, -0.2) is 0 Å². The van der Waals surface area contributed by atoms with Gasteiger partial charge < -0.3 is 4.74 Å². The lowest BCUT2D eigenvalue weighted by molar-refractivity contribution is -0.765. The van der Waals surface area contributed by atoms with E-state index in [0.29, 0.717) is 11.8 Å². The van der Waals surface area contributed by atoms with Crippen LogP contribution in [0.4, 0.5) is 0 Å². The zero-order valence-electron chi connectivity index (χ0n) is 12.2. The highest BCUT2D eigenvalue weighted by molar-refractivity contribution is 8.30. The topological polar surface area (TPSA) is 52.0 Å². The predicted octanol–water partition coefficient (Wildman–Crippen LogP) is 1.49. The zero-order valence-corrected chi connectivity index (χ0v) is 13.8. The molecule has 0 aromatic heterocycles. The van der Waals surface area contributed by atoms with Gasteiger partial charge >= 0.3 is 15.3 Å². The van der Waals surface area contributed by atoms with Crippen molar-refractivity contribution >= 4 is 45.8 Å². The number of aliphatic imine (C=N–C) groups is 1. The van der Waals surface area contributed by atoms with Crippen molar-refractivity contribution in [2.45, 2.75) is 11.3 Å². The molecule has 1 saturated heterocycles. The molecule has 1 spiro atoms. The quantitative estimate of drug-likeness (QED) is 0.833. The van der Waals surface area contributed by atoms with Crippen LogP contribution in [-0.4, -0.2) is 49.7 Å². The Morgan fingerprint density at radius 1 is 1.32 bits per heavy atom. The first kappa shape index (κ1) is 13.8. The third-order valence-electron chi connectivity index (χ3n) is 3.44. The maximum Gasteiger partial charge on any atom is 0.522 e. The minimum atomic E-state index is -0.426. The lowest BCUT2D eigenvalue weighted by Crippen LogP contribution is -2.38. The SMILES string of the molecule is CCOC1=N[N+]2=C(c3ccccc3)C=[N+]3NC(=NC)SC32S1. The molecule has 1 atom stereocenters. The predicted molar refractivity (Wildman–Crippen MR) is 90.6 cm³/mol. The summed E-state index contributed by atoms with van der Waals surface area (Å²) in [5.74, 6) is 0. The molecule has 112 valence electrons. The number of hydrazone groups is 2. The maximum atomic E-state index is 5.63. The molecule has 1 unspecified atom stereocenters. The summed E-state index contributed by atoms with van der Waals surface area (Å²) in [4.78, 5) is 4.26. The molecule has 0 aliphatic carbocycles. The molecule has 3 heterocycles. The fraction of sp³-hybridized carbons (Fsp3) is 0.286. The molecule has 0 saturated carbocycles. The highest BCUT2D eigenvalue weighted by Gasteiger charge is 2.73. The fourth-order valence-corrected chi connectivity index (χ4v) is 4.97. The van der Waals surface area contributed by atoms with Crippen LogP contribution in [0.15, 0.2) is 40.4 Å². The highest BCUT2D eigenvalue weighted by atomic mass is 32.2. The van der Waals surface area contributed by atoms with E-state index >= 15 is 0 Å². The van der Waals surface area contributed by atoms with Crippen molar-refractivity contribution in [3.63, 3.8) is 0 Å². The molecule has 6 nitrogen and oxygen atoms in total. The number of ether oxygens (including phenoxy) is 1. The lowest BCUT2D eigenvalue weighted by atomic mass is 10.1. The summed E-state index contributed by atoms with van der Waals surface area (Å²) in [5, 5.41) is 6.22. The van der Waals surface area contributed by atoms with Crippen LogP contribution in [0.1, 0.15) is 12.5 Å². The minimum Gasteiger partial charge on any atom is -0.469 e. The molecule has 4 rings (SSSR count). The van der Waals surface area contributed by atoms with Gasteiger partial charge in [0.25, 0.3) is 6.21 Å². The van der Waals surface area contributed by atoms with Gasteiger partial charge in [-0.15, -0.1) is 5.43 Å². The molecule has 1 N–H and O–H groups in total. The summed E-state index contributed by atoms with van der Waals surface area (Å²) in [7, 11) is 1.78. The monoisotopic (exact) mass is 333 g/mol. The minimum absolute atomic E-state index is 0.426. The van der Waals surface area contributed by atoms with Gasteiger partial charge in [0.1, 0.15) is 11.8 Å². The van der Waals surface area contributed by atoms with E-state index in [9.17, 15) is 0 Å². The molecule has 1 fully saturated rings. The Bertz CT molecular complexity index is 756. The number of rotatable bonds is 2. The van der Waals surface area contributed by atoms with E-state index in [1.165, 1.54) is 0 Å². The first-order valence-electron chi connectivity index (χ1n) is 6.96. The van der Waals surface area contributed by atoms with Crippen LogP contribution in [0.5, 0.6) is 0 Å². The Labute approximate surface area is 136 Å². The van der Waals surface area contributed by atoms with Crippen molar-refractivity contribution in [2.24, 2.45) is 10.1 Å². The van der Waals surface area contributed by atoms with E-state index in [4.69, 9.17) is 4.74 Å². The summed E-state index contributed by atoms with van der Waals surface area (Å²) in [6, 6.07) is 10.2. The largest absolute Gasteiger partial charge is 0.522 e. The number of hydrogen-bond acceptors (Lipinski definition) is 5. The van der Waals surface area contributed by atoms with Crippen LogP contribution in [0.2, 0.25) is 0 Å². The van der Waals surface area contributed by atoms with Crippen molar-refractivity contribution in [1.82, 2.24) is 5.43 Å². The van der Waals surface area contributed by atoms with E-state index in [2.05, 4.69) is 33.9 Å². The Hall–Kier alpha value is -1.80. The molecule has 0 amide bonds. The molecule has 1 aromatic carbocycles. The average Bonchev–Trinajstić information content (AvgIpc) is 3.14. The Balaban J connectivity index is 1.84. The van der Waals surface area contributed by atoms with Gasteiger partial charge in [0.2, 0.25) is 5.17 Å². The number of nitrogens with zero attached hydrogens (tertiary/aromatic N) is 4. The Morgan fingerprint density at radius 2 is 2.14 bits per heavy atom. The summed E-state index contributed by atoms with van der Waals surface area (Å²) in [5.41, 5.74) is 5.47. The van der Waals surface area contributed by atoms with Gasteiger partial charge in [-0.2, -0.15) is 0 Å². The number of hydrazine groups is 1. The Kier molecular flexibility index (Phi) is 3.23. The van der Waals surface area contributed by atoms with Gasteiger partial charge in [-0.05, 0) is 23.7 Å². The molecular weight excluding hydrogens is 318 g/mol. The van der Waals surface area contributed by atoms with Crippen LogP contribution < -0.4 is 5.43 Å². The number of amidine groups is 1. The zero-order chi connectivity index (χ0) is 15.2. The molecule has 0 bridgehead atoms. The molecule has 22 heavy (non-hydrogen) atoms. The first-order chi connectivity index (χ1) is 10.8. The smallest absolute Gasteiger partial charge is 0.469 e. The normalized spacial score (nSPS) is 27.5. The third-order valence-corrected chi connectivity index (χ3v) is 6.05. The van der Waals surface area contributed by atoms with Crippen molar-refractivity contribution in [3.05, 3.63) is 35.9 Å². The maximum absolute atomic E-state index is 5.63. The summed E-state index contributed by atoms with van der Waals surface area (Å²) in [6.45, 7) is 2.57. The van der Waals surface area contributed by atoms with Gasteiger partial charge in [-0.3, -0.25) is 4.99 Å². The Morgan fingerprint density at radius 3 is 2.86 bits per heavy atom. The van der Waals surface area contributed by atoms with Crippen LogP contribution >= 0.6 is 23.5 Å². The molecule has 3 aliphatic heterocycles. The highest BCUT2D eigenvalue weighted by Crippen LogP contribution is 2.49. The number of hydrogen-bond donors (Lipinski definition) is 1. The second-order valence-corrected chi connectivity index (χ2v) is 7.30. The van der Waals surface area contributed by atoms with Crippen LogP contribution in [0.25, 0.3) is 0 Å². The molecule has 1 aromatic rings. The summed E-state index contributed by atoms with van der Waals surface area (Å²) < 4.78 is 9.26. The number of thioether (sulfide) groups is 2. The van der Waals surface area contributed by atoms with E-state index in [1.54, 1.807) is 30.6 Å². The molecule has 3 aliphatic rings. The fourth-order valence-electron chi connectivity index (χ4n) is 2.49. The van der Waals surface area contributed by atoms with Crippen LogP contribution in [-0.2, 0) is 4.74 Å².